The number of rotatable bonds is 6. The topological polar surface area (TPSA) is 3.24 Å². The van der Waals surface area contributed by atoms with Gasteiger partial charge in [0.25, 0.3) is 0 Å². The van der Waals surface area contributed by atoms with Crippen molar-refractivity contribution >= 4 is 60.2 Å². The van der Waals surface area contributed by atoms with Crippen LogP contribution in [0.2, 0.25) is 0 Å². The molecule has 10 rings (SSSR count). The van der Waals surface area contributed by atoms with Crippen LogP contribution in [0.25, 0.3) is 76.5 Å². The Kier molecular flexibility index (Phi) is 7.55. The second-order valence-corrected chi connectivity index (χ2v) is 13.7. The minimum Gasteiger partial charge on any atom is -0.310 e. The van der Waals surface area contributed by atoms with Gasteiger partial charge in [-0.15, -0.1) is 0 Å². The Hall–Kier alpha value is -6.96. The summed E-state index contributed by atoms with van der Waals surface area (Å²) in [6.07, 6.45) is 0. The maximum Gasteiger partial charge on any atom is 0.0468 e. The van der Waals surface area contributed by atoms with E-state index in [0.717, 1.165) is 17.1 Å². The summed E-state index contributed by atoms with van der Waals surface area (Å²) in [7, 11) is 0. The molecule has 0 heterocycles. The summed E-state index contributed by atoms with van der Waals surface area (Å²) in [5.74, 6) is 0. The van der Waals surface area contributed by atoms with Crippen molar-refractivity contribution < 1.29 is 0 Å². The fraction of sp³-hybridized carbons (Fsp3) is 0. The molecule has 53 heavy (non-hydrogen) atoms. The van der Waals surface area contributed by atoms with Crippen molar-refractivity contribution in [3.8, 4) is 33.4 Å². The Bertz CT molecular complexity index is 2920. The molecule has 0 fully saturated rings. The maximum absolute atomic E-state index is 2.43. The zero-order valence-electron chi connectivity index (χ0n) is 29.2. The molecule has 1 nitrogen and oxygen atoms in total. The minimum absolute atomic E-state index is 1.12. The first-order chi connectivity index (χ1) is 26.3. The molecule has 0 atom stereocenters. The summed E-state index contributed by atoms with van der Waals surface area (Å²) in [4.78, 5) is 2.39. The lowest BCUT2D eigenvalue weighted by molar-refractivity contribution is 1.29. The van der Waals surface area contributed by atoms with Gasteiger partial charge in [0.15, 0.2) is 0 Å². The first kappa shape index (κ1) is 30.8. The largest absolute Gasteiger partial charge is 0.310 e. The van der Waals surface area contributed by atoms with E-state index in [1.165, 1.54) is 76.5 Å². The fourth-order valence-electron chi connectivity index (χ4n) is 8.22. The van der Waals surface area contributed by atoms with E-state index in [1.54, 1.807) is 0 Å². The molecule has 248 valence electrons. The average Bonchev–Trinajstić information content (AvgIpc) is 3.24. The number of anilines is 3. The first-order valence-electron chi connectivity index (χ1n) is 18.3. The molecule has 0 spiro atoms. The smallest absolute Gasteiger partial charge is 0.0468 e. The van der Waals surface area contributed by atoms with Crippen molar-refractivity contribution in [2.45, 2.75) is 0 Å². The molecule has 0 unspecified atom stereocenters. The molecule has 0 saturated heterocycles. The van der Waals surface area contributed by atoms with Crippen LogP contribution in [-0.4, -0.2) is 0 Å². The molecule has 0 aliphatic carbocycles. The molecule has 1 heteroatoms. The van der Waals surface area contributed by atoms with Crippen LogP contribution < -0.4 is 4.90 Å². The SMILES string of the molecule is c1ccc(-c2cc(-c3ccccc3)c3c4ccccc4c4cc(N(c5ccccc5)c5ccc6ccccc6c5)ccc4c3c2-c2ccccc2)cc1. The molecule has 0 aliphatic rings. The van der Waals surface area contributed by atoms with Crippen LogP contribution in [0.1, 0.15) is 0 Å². The highest BCUT2D eigenvalue weighted by molar-refractivity contribution is 6.33. The summed E-state index contributed by atoms with van der Waals surface area (Å²) in [5, 5.41) is 9.96. The molecule has 0 aliphatic heterocycles. The lowest BCUT2D eigenvalue weighted by Gasteiger charge is -2.27. The first-order valence-corrected chi connectivity index (χ1v) is 18.3. The van der Waals surface area contributed by atoms with Gasteiger partial charge in [-0.1, -0.05) is 170 Å². The molecule has 0 N–H and O–H groups in total. The highest BCUT2D eigenvalue weighted by Crippen LogP contribution is 2.50. The molecule has 10 aromatic carbocycles. The van der Waals surface area contributed by atoms with Crippen molar-refractivity contribution in [3.63, 3.8) is 0 Å². The quantitative estimate of drug-likeness (QED) is 0.159. The normalized spacial score (nSPS) is 11.4. The molecule has 0 saturated carbocycles. The molecular weight excluding hydrogens is 639 g/mol. The lowest BCUT2D eigenvalue weighted by Crippen LogP contribution is -2.09. The van der Waals surface area contributed by atoms with Crippen LogP contribution in [0.4, 0.5) is 17.1 Å². The van der Waals surface area contributed by atoms with E-state index >= 15 is 0 Å². The molecule has 0 radical (unpaired) electrons. The predicted octanol–water partition coefficient (Wildman–Crippen LogP) is 14.8. The summed E-state index contributed by atoms with van der Waals surface area (Å²) in [6, 6.07) is 77.3. The lowest BCUT2D eigenvalue weighted by atomic mass is 9.81. The summed E-state index contributed by atoms with van der Waals surface area (Å²) in [5.41, 5.74) is 10.7. The Balaban J connectivity index is 1.35. The number of fused-ring (bicyclic) bond motifs is 7. The van der Waals surface area contributed by atoms with Crippen LogP contribution in [0.15, 0.2) is 212 Å². The van der Waals surface area contributed by atoms with Crippen molar-refractivity contribution in [1.82, 2.24) is 0 Å². The third-order valence-corrected chi connectivity index (χ3v) is 10.6. The van der Waals surface area contributed by atoms with E-state index < -0.39 is 0 Å². The van der Waals surface area contributed by atoms with Crippen molar-refractivity contribution in [3.05, 3.63) is 212 Å². The second-order valence-electron chi connectivity index (χ2n) is 13.7. The number of para-hydroxylation sites is 1. The zero-order valence-corrected chi connectivity index (χ0v) is 29.2. The van der Waals surface area contributed by atoms with Crippen LogP contribution in [0, 0.1) is 0 Å². The summed E-state index contributed by atoms with van der Waals surface area (Å²) in [6.45, 7) is 0. The molecule has 0 aromatic heterocycles. The van der Waals surface area contributed by atoms with E-state index in [1.807, 2.05) is 0 Å². The highest BCUT2D eigenvalue weighted by atomic mass is 15.1. The van der Waals surface area contributed by atoms with E-state index in [2.05, 4.69) is 217 Å². The predicted molar refractivity (Wildman–Crippen MR) is 227 cm³/mol. The van der Waals surface area contributed by atoms with Gasteiger partial charge in [0, 0.05) is 17.1 Å². The van der Waals surface area contributed by atoms with Gasteiger partial charge in [0.05, 0.1) is 0 Å². The number of nitrogens with zero attached hydrogens (tertiary/aromatic N) is 1. The van der Waals surface area contributed by atoms with Gasteiger partial charge in [0.2, 0.25) is 0 Å². The van der Waals surface area contributed by atoms with Crippen molar-refractivity contribution in [2.75, 3.05) is 4.90 Å². The van der Waals surface area contributed by atoms with Crippen molar-refractivity contribution in [1.29, 1.82) is 0 Å². The Morgan fingerprint density at radius 1 is 0.264 bits per heavy atom. The van der Waals surface area contributed by atoms with Gasteiger partial charge in [0.1, 0.15) is 0 Å². The van der Waals surface area contributed by atoms with E-state index in [-0.39, 0.29) is 0 Å². The van der Waals surface area contributed by atoms with E-state index in [9.17, 15) is 0 Å². The fourth-order valence-corrected chi connectivity index (χ4v) is 8.22. The van der Waals surface area contributed by atoms with Crippen molar-refractivity contribution in [2.24, 2.45) is 0 Å². The molecule has 0 amide bonds. The van der Waals surface area contributed by atoms with Crippen LogP contribution in [0.3, 0.4) is 0 Å². The second kappa shape index (κ2) is 13.0. The van der Waals surface area contributed by atoms with Gasteiger partial charge in [-0.3, -0.25) is 0 Å². The van der Waals surface area contributed by atoms with Gasteiger partial charge in [-0.25, -0.2) is 0 Å². The molecule has 0 bridgehead atoms. The zero-order chi connectivity index (χ0) is 35.1. The van der Waals surface area contributed by atoms with Gasteiger partial charge in [-0.05, 0) is 119 Å². The van der Waals surface area contributed by atoms with Crippen LogP contribution >= 0.6 is 0 Å². The third kappa shape index (κ3) is 5.34. The summed E-state index contributed by atoms with van der Waals surface area (Å²) >= 11 is 0. The van der Waals surface area contributed by atoms with Crippen LogP contribution in [-0.2, 0) is 0 Å². The monoisotopic (exact) mass is 673 g/mol. The highest BCUT2D eigenvalue weighted by Gasteiger charge is 2.22. The van der Waals surface area contributed by atoms with Gasteiger partial charge >= 0.3 is 0 Å². The Morgan fingerprint density at radius 3 is 1.47 bits per heavy atom. The average molecular weight is 674 g/mol. The minimum atomic E-state index is 1.12. The van der Waals surface area contributed by atoms with E-state index in [0.29, 0.717) is 0 Å². The maximum atomic E-state index is 2.43. The van der Waals surface area contributed by atoms with E-state index in [4.69, 9.17) is 0 Å². The third-order valence-electron chi connectivity index (χ3n) is 10.6. The molecule has 10 aromatic rings. The Morgan fingerprint density at radius 2 is 0.774 bits per heavy atom. The standard InChI is InChI=1S/C52H35N/c1-5-18-37(19-6-1)47-35-48(38-20-7-2-8-21-38)51-45-28-16-15-27-44(45)49-34-43(31-32-46(49)52(51)50(47)39-22-9-3-10-23-39)53(41-25-11-4-12-26-41)42-30-29-36-17-13-14-24-40(36)33-42/h1-35H. The number of benzene rings is 10. The van der Waals surface area contributed by atoms with Gasteiger partial charge < -0.3 is 4.90 Å². The molecular formula is C52H35N. The van der Waals surface area contributed by atoms with Crippen LogP contribution in [0.5, 0.6) is 0 Å². The summed E-state index contributed by atoms with van der Waals surface area (Å²) < 4.78 is 0. The Labute approximate surface area is 309 Å². The number of hydrogen-bond acceptors (Lipinski definition) is 1. The van der Waals surface area contributed by atoms with Gasteiger partial charge in [-0.2, -0.15) is 0 Å². The number of hydrogen-bond donors (Lipinski definition) is 0.